The predicted octanol–water partition coefficient (Wildman–Crippen LogP) is 3.54. The Kier molecular flexibility index (Phi) is 7.03. The number of carbonyl (C=O) groups excluding carboxylic acids is 1. The lowest BCUT2D eigenvalue weighted by Crippen LogP contribution is -2.58. The number of aromatic nitrogens is 3. The number of hydrogen-bond acceptors (Lipinski definition) is 8. The highest BCUT2D eigenvalue weighted by Gasteiger charge is 2.47. The van der Waals surface area contributed by atoms with E-state index in [-0.39, 0.29) is 11.9 Å². The minimum absolute atomic E-state index is 0.0682. The predicted molar refractivity (Wildman–Crippen MR) is 149 cm³/mol. The summed E-state index contributed by atoms with van der Waals surface area (Å²) in [5, 5.41) is 7.99. The van der Waals surface area contributed by atoms with Crippen LogP contribution in [0.2, 0.25) is 0 Å². The van der Waals surface area contributed by atoms with E-state index in [4.69, 9.17) is 14.5 Å². The van der Waals surface area contributed by atoms with Gasteiger partial charge in [0.1, 0.15) is 6.61 Å². The number of nitrogens with one attached hydrogen (secondary N) is 1. The van der Waals surface area contributed by atoms with Crippen molar-refractivity contribution in [3.05, 3.63) is 65.1 Å². The van der Waals surface area contributed by atoms with Gasteiger partial charge in [0.15, 0.2) is 11.6 Å². The third kappa shape index (κ3) is 5.51. The molecule has 2 aromatic heterocycles. The van der Waals surface area contributed by atoms with E-state index < -0.39 is 0 Å². The summed E-state index contributed by atoms with van der Waals surface area (Å²) >= 11 is 0. The number of rotatable bonds is 8. The first-order valence-electron chi connectivity index (χ1n) is 13.9. The number of nitrogens with zero attached hydrogens (tertiary/aromatic N) is 5. The van der Waals surface area contributed by atoms with Crippen LogP contribution in [0.15, 0.2) is 42.5 Å². The zero-order valence-corrected chi connectivity index (χ0v) is 23.2. The maximum atomic E-state index is 12.4. The zero-order chi connectivity index (χ0) is 27.0. The Balaban J connectivity index is 1.09. The molecule has 0 unspecified atom stereocenters. The molecule has 0 amide bonds. The van der Waals surface area contributed by atoms with E-state index in [9.17, 15) is 4.79 Å². The Morgan fingerprint density at radius 2 is 2.00 bits per heavy atom. The van der Waals surface area contributed by atoms with Crippen molar-refractivity contribution in [2.75, 3.05) is 58.3 Å². The molecule has 39 heavy (non-hydrogen) atoms. The van der Waals surface area contributed by atoms with Crippen LogP contribution in [0.5, 0.6) is 5.75 Å². The van der Waals surface area contributed by atoms with Crippen molar-refractivity contribution in [2.24, 2.45) is 5.41 Å². The number of aryl methyl sites for hydroxylation is 2. The van der Waals surface area contributed by atoms with Crippen LogP contribution < -0.4 is 10.1 Å². The van der Waals surface area contributed by atoms with Crippen molar-refractivity contribution in [3.63, 3.8) is 0 Å². The number of anilines is 1. The molecule has 6 rings (SSSR count). The van der Waals surface area contributed by atoms with Crippen LogP contribution in [-0.4, -0.2) is 83.5 Å². The molecule has 1 atom stereocenters. The molecule has 3 aromatic rings. The number of benzene rings is 1. The second-order valence-corrected chi connectivity index (χ2v) is 11.5. The molecule has 2 fully saturated rings. The third-order valence-corrected chi connectivity index (χ3v) is 8.30. The zero-order valence-electron chi connectivity index (χ0n) is 23.2. The number of esters is 1. The summed E-state index contributed by atoms with van der Waals surface area (Å²) in [6, 6.07) is 14.6. The fourth-order valence-electron chi connectivity index (χ4n) is 6.51. The van der Waals surface area contributed by atoms with E-state index in [0.717, 1.165) is 85.7 Å². The number of pyridine rings is 1. The van der Waals surface area contributed by atoms with Crippen LogP contribution in [-0.2, 0) is 16.1 Å². The first-order chi connectivity index (χ1) is 18.9. The monoisotopic (exact) mass is 530 g/mol. The maximum Gasteiger partial charge on any atom is 0.306 e. The highest BCUT2D eigenvalue weighted by atomic mass is 16.5. The Bertz CT molecular complexity index is 1350. The lowest BCUT2D eigenvalue weighted by atomic mass is 9.78. The average Bonchev–Trinajstić information content (AvgIpc) is 3.50. The fraction of sp³-hybridized carbons (Fsp3) is 0.500. The number of fused-ring (bicyclic) bond motifs is 1. The molecule has 2 saturated heterocycles. The summed E-state index contributed by atoms with van der Waals surface area (Å²) in [5.41, 5.74) is 5.68. The van der Waals surface area contributed by atoms with Crippen LogP contribution in [0, 0.1) is 19.3 Å². The van der Waals surface area contributed by atoms with Gasteiger partial charge in [-0.3, -0.25) is 9.69 Å². The van der Waals surface area contributed by atoms with Crippen molar-refractivity contribution in [1.82, 2.24) is 24.6 Å². The number of hydrogen-bond donors (Lipinski definition) is 1. The number of methoxy groups -OCH3 is 1. The van der Waals surface area contributed by atoms with Crippen molar-refractivity contribution in [2.45, 2.75) is 39.2 Å². The molecule has 9 nitrogen and oxygen atoms in total. The van der Waals surface area contributed by atoms with Gasteiger partial charge in [0, 0.05) is 49.8 Å². The Labute approximate surface area is 230 Å². The van der Waals surface area contributed by atoms with Gasteiger partial charge in [0.05, 0.1) is 37.2 Å². The quantitative estimate of drug-likeness (QED) is 0.443. The van der Waals surface area contributed by atoms with Crippen LogP contribution in [0.4, 0.5) is 5.82 Å². The molecule has 1 spiro atoms. The van der Waals surface area contributed by atoms with Gasteiger partial charge < -0.3 is 19.7 Å². The van der Waals surface area contributed by atoms with Gasteiger partial charge in [-0.25, -0.2) is 9.67 Å². The SMILES string of the molecule is COC(=O)C[C@H](CN1CC2(CCN(Cc3ccc4c(n3)NCCO4)C2)C1)c1cccc(-n2nc(C)cc2C)c1. The summed E-state index contributed by atoms with van der Waals surface area (Å²) in [6.45, 7) is 11.6. The summed E-state index contributed by atoms with van der Waals surface area (Å²) < 4.78 is 12.7. The Morgan fingerprint density at radius 3 is 2.79 bits per heavy atom. The van der Waals surface area contributed by atoms with Gasteiger partial charge in [-0.05, 0) is 62.7 Å². The van der Waals surface area contributed by atoms with Crippen LogP contribution in [0.25, 0.3) is 5.69 Å². The summed E-state index contributed by atoms with van der Waals surface area (Å²) in [4.78, 5) is 22.2. The van der Waals surface area contributed by atoms with Crippen molar-refractivity contribution in [3.8, 4) is 11.4 Å². The molecule has 0 aliphatic carbocycles. The van der Waals surface area contributed by atoms with E-state index >= 15 is 0 Å². The standard InChI is InChI=1S/C30H38N6O3/c1-21-13-22(2)36(33-21)26-6-4-5-23(14-26)24(15-28(37)38-3)16-35-19-30(20-35)9-11-34(18-30)17-25-7-8-27-29(32-25)31-10-12-39-27/h4-8,13-14,24H,9-12,15-20H2,1-3H3,(H,31,32)/t24-/m1/s1. The minimum Gasteiger partial charge on any atom is -0.488 e. The van der Waals surface area contributed by atoms with Gasteiger partial charge in [-0.15, -0.1) is 0 Å². The molecule has 5 heterocycles. The lowest BCUT2D eigenvalue weighted by molar-refractivity contribution is -0.141. The first-order valence-corrected chi connectivity index (χ1v) is 13.9. The van der Waals surface area contributed by atoms with Gasteiger partial charge in [0.25, 0.3) is 0 Å². The molecular weight excluding hydrogens is 492 g/mol. The van der Waals surface area contributed by atoms with Gasteiger partial charge in [-0.2, -0.15) is 5.10 Å². The van der Waals surface area contributed by atoms with E-state index in [1.807, 2.05) is 17.7 Å². The molecule has 0 saturated carbocycles. The molecular formula is C30H38N6O3. The summed E-state index contributed by atoms with van der Waals surface area (Å²) in [7, 11) is 1.47. The Morgan fingerprint density at radius 1 is 1.15 bits per heavy atom. The third-order valence-electron chi connectivity index (χ3n) is 8.30. The van der Waals surface area contributed by atoms with Gasteiger partial charge in [-0.1, -0.05) is 12.1 Å². The van der Waals surface area contributed by atoms with Crippen LogP contribution in [0.1, 0.15) is 41.4 Å². The lowest BCUT2D eigenvalue weighted by Gasteiger charge is -2.49. The highest BCUT2D eigenvalue weighted by molar-refractivity contribution is 5.70. The molecule has 9 heteroatoms. The molecule has 0 radical (unpaired) electrons. The molecule has 3 aliphatic heterocycles. The van der Waals surface area contributed by atoms with E-state index in [2.05, 4.69) is 63.5 Å². The summed E-state index contributed by atoms with van der Waals surface area (Å²) in [6.07, 6.45) is 1.57. The normalized spacial score (nSPS) is 19.2. The van der Waals surface area contributed by atoms with Crippen molar-refractivity contribution >= 4 is 11.8 Å². The second-order valence-electron chi connectivity index (χ2n) is 11.5. The molecule has 206 valence electrons. The number of ether oxygens (including phenoxy) is 2. The van der Waals surface area contributed by atoms with E-state index in [1.54, 1.807) is 0 Å². The average molecular weight is 531 g/mol. The number of carbonyl (C=O) groups is 1. The molecule has 3 aliphatic rings. The molecule has 1 aromatic carbocycles. The fourth-order valence-corrected chi connectivity index (χ4v) is 6.51. The minimum atomic E-state index is -0.170. The maximum absolute atomic E-state index is 12.4. The van der Waals surface area contributed by atoms with E-state index in [0.29, 0.717) is 18.4 Å². The van der Waals surface area contributed by atoms with Gasteiger partial charge in [0.2, 0.25) is 0 Å². The molecule has 0 bridgehead atoms. The topological polar surface area (TPSA) is 84.8 Å². The highest BCUT2D eigenvalue weighted by Crippen LogP contribution is 2.41. The first kappa shape index (κ1) is 25.8. The Hall–Kier alpha value is -3.43. The second kappa shape index (κ2) is 10.6. The molecule has 1 N–H and O–H groups in total. The van der Waals surface area contributed by atoms with Crippen LogP contribution >= 0.6 is 0 Å². The largest absolute Gasteiger partial charge is 0.488 e. The van der Waals surface area contributed by atoms with Crippen LogP contribution in [0.3, 0.4) is 0 Å². The van der Waals surface area contributed by atoms with E-state index in [1.165, 1.54) is 13.5 Å². The van der Waals surface area contributed by atoms with Crippen molar-refractivity contribution < 1.29 is 14.3 Å². The summed E-state index contributed by atoms with van der Waals surface area (Å²) in [5.74, 6) is 1.61. The van der Waals surface area contributed by atoms with Crippen molar-refractivity contribution in [1.29, 1.82) is 0 Å². The smallest absolute Gasteiger partial charge is 0.306 e. The number of likely N-dealkylation sites (tertiary alicyclic amines) is 2. The van der Waals surface area contributed by atoms with Gasteiger partial charge >= 0.3 is 5.97 Å².